The van der Waals surface area contributed by atoms with Gasteiger partial charge in [0.05, 0.1) is 11.4 Å². The number of hydrogen-bond acceptors (Lipinski definition) is 3. The van der Waals surface area contributed by atoms with E-state index >= 15 is 0 Å². The number of rotatable bonds is 3. The van der Waals surface area contributed by atoms with Gasteiger partial charge in [0.2, 0.25) is 0 Å². The van der Waals surface area contributed by atoms with Gasteiger partial charge in [0.15, 0.2) is 0 Å². The molecular formula is C14H14ClFN2OS. The van der Waals surface area contributed by atoms with Crippen molar-refractivity contribution in [3.63, 3.8) is 0 Å². The molecule has 0 bridgehead atoms. The van der Waals surface area contributed by atoms with Crippen molar-refractivity contribution in [2.24, 2.45) is 0 Å². The summed E-state index contributed by atoms with van der Waals surface area (Å²) in [5.74, 6) is -0.617. The molecule has 0 aliphatic heterocycles. The van der Waals surface area contributed by atoms with E-state index in [-0.39, 0.29) is 12.5 Å². The summed E-state index contributed by atoms with van der Waals surface area (Å²) in [6.07, 6.45) is 0. The molecule has 0 unspecified atom stereocenters. The summed E-state index contributed by atoms with van der Waals surface area (Å²) in [5, 5.41) is 0.312. The number of benzene rings is 1. The Kier molecular flexibility index (Phi) is 4.30. The maximum absolute atomic E-state index is 13.7. The van der Waals surface area contributed by atoms with Crippen LogP contribution in [0.5, 0.6) is 0 Å². The SMILES string of the molecule is Cc1sc(C(=O)N(C)Cc2c(F)cccc2Cl)cc1N. The van der Waals surface area contributed by atoms with E-state index < -0.39 is 5.82 Å². The number of hydrogen-bond donors (Lipinski definition) is 1. The molecule has 0 aliphatic rings. The third-order valence-electron chi connectivity index (χ3n) is 2.97. The van der Waals surface area contributed by atoms with E-state index in [4.69, 9.17) is 17.3 Å². The number of aryl methyl sites for hydroxylation is 1. The molecule has 0 aliphatic carbocycles. The molecule has 0 radical (unpaired) electrons. The summed E-state index contributed by atoms with van der Waals surface area (Å²) < 4.78 is 13.7. The monoisotopic (exact) mass is 312 g/mol. The Hall–Kier alpha value is -1.59. The van der Waals surface area contributed by atoms with Crippen molar-refractivity contribution < 1.29 is 9.18 Å². The van der Waals surface area contributed by atoms with Crippen LogP contribution in [-0.2, 0) is 6.54 Å². The molecule has 2 rings (SSSR count). The second kappa shape index (κ2) is 5.81. The number of thiophene rings is 1. The molecule has 106 valence electrons. The van der Waals surface area contributed by atoms with Gasteiger partial charge in [-0.05, 0) is 25.1 Å². The van der Waals surface area contributed by atoms with Gasteiger partial charge in [0.25, 0.3) is 5.91 Å². The van der Waals surface area contributed by atoms with Gasteiger partial charge in [-0.25, -0.2) is 4.39 Å². The third-order valence-corrected chi connectivity index (χ3v) is 4.38. The quantitative estimate of drug-likeness (QED) is 0.939. The predicted octanol–water partition coefficient (Wildman–Crippen LogP) is 3.70. The van der Waals surface area contributed by atoms with Gasteiger partial charge in [-0.3, -0.25) is 4.79 Å². The first-order valence-corrected chi connectivity index (χ1v) is 7.14. The summed E-state index contributed by atoms with van der Waals surface area (Å²) in [5.41, 5.74) is 6.64. The van der Waals surface area contributed by atoms with E-state index in [1.165, 1.54) is 28.4 Å². The topological polar surface area (TPSA) is 46.3 Å². The fourth-order valence-corrected chi connectivity index (χ4v) is 2.94. The van der Waals surface area contributed by atoms with Crippen LogP contribution >= 0.6 is 22.9 Å². The number of halogens is 2. The molecule has 20 heavy (non-hydrogen) atoms. The van der Waals surface area contributed by atoms with Gasteiger partial charge in [-0.2, -0.15) is 0 Å². The minimum Gasteiger partial charge on any atom is -0.398 e. The Bertz CT molecular complexity index is 617. The van der Waals surface area contributed by atoms with Gasteiger partial charge in [-0.1, -0.05) is 17.7 Å². The van der Waals surface area contributed by atoms with Crippen molar-refractivity contribution in [1.29, 1.82) is 0 Å². The van der Waals surface area contributed by atoms with Crippen LogP contribution in [0.4, 0.5) is 10.1 Å². The average Bonchev–Trinajstić information content (AvgIpc) is 2.73. The van der Waals surface area contributed by atoms with Gasteiger partial charge in [0.1, 0.15) is 5.82 Å². The molecular weight excluding hydrogens is 299 g/mol. The lowest BCUT2D eigenvalue weighted by Gasteiger charge is -2.17. The van der Waals surface area contributed by atoms with E-state index in [9.17, 15) is 9.18 Å². The van der Waals surface area contributed by atoms with E-state index in [1.807, 2.05) is 6.92 Å². The first kappa shape index (κ1) is 14.8. The lowest BCUT2D eigenvalue weighted by molar-refractivity contribution is 0.0788. The highest BCUT2D eigenvalue weighted by Crippen LogP contribution is 2.26. The largest absolute Gasteiger partial charge is 0.398 e. The molecule has 2 N–H and O–H groups in total. The lowest BCUT2D eigenvalue weighted by atomic mass is 10.2. The second-order valence-electron chi connectivity index (χ2n) is 4.48. The van der Waals surface area contributed by atoms with Gasteiger partial charge < -0.3 is 10.6 Å². The Morgan fingerprint density at radius 2 is 2.20 bits per heavy atom. The maximum Gasteiger partial charge on any atom is 0.264 e. The zero-order chi connectivity index (χ0) is 14.9. The fourth-order valence-electron chi connectivity index (χ4n) is 1.78. The summed E-state index contributed by atoms with van der Waals surface area (Å²) >= 11 is 7.29. The number of nitrogens with two attached hydrogens (primary N) is 1. The Morgan fingerprint density at radius 3 is 2.75 bits per heavy atom. The maximum atomic E-state index is 13.7. The zero-order valence-electron chi connectivity index (χ0n) is 11.1. The van der Waals surface area contributed by atoms with Gasteiger partial charge >= 0.3 is 0 Å². The smallest absolute Gasteiger partial charge is 0.264 e. The van der Waals surface area contributed by atoms with Crippen LogP contribution in [0.1, 0.15) is 20.1 Å². The summed E-state index contributed by atoms with van der Waals surface area (Å²) in [6, 6.07) is 6.10. The number of carbonyl (C=O) groups is 1. The van der Waals surface area contributed by atoms with Crippen LogP contribution in [0.3, 0.4) is 0 Å². The minimum absolute atomic E-state index is 0.112. The fraction of sp³-hybridized carbons (Fsp3) is 0.214. The number of nitrogens with zero attached hydrogens (tertiary/aromatic N) is 1. The Labute approximate surface area is 125 Å². The Morgan fingerprint density at radius 1 is 1.50 bits per heavy atom. The van der Waals surface area contributed by atoms with E-state index in [0.29, 0.717) is 21.2 Å². The number of amides is 1. The van der Waals surface area contributed by atoms with Crippen molar-refractivity contribution in [3.8, 4) is 0 Å². The number of nitrogen functional groups attached to an aromatic ring is 1. The van der Waals surface area contributed by atoms with Crippen molar-refractivity contribution in [1.82, 2.24) is 4.90 Å². The summed E-state index contributed by atoms with van der Waals surface area (Å²) in [7, 11) is 1.61. The normalized spacial score (nSPS) is 10.6. The van der Waals surface area contributed by atoms with E-state index in [2.05, 4.69) is 0 Å². The number of anilines is 1. The summed E-state index contributed by atoms with van der Waals surface area (Å²) in [4.78, 5) is 15.1. The molecule has 0 saturated heterocycles. The van der Waals surface area contributed by atoms with Gasteiger partial charge in [-0.15, -0.1) is 11.3 Å². The molecule has 1 heterocycles. The first-order valence-electron chi connectivity index (χ1n) is 5.94. The molecule has 0 fully saturated rings. The molecule has 1 amide bonds. The van der Waals surface area contributed by atoms with Crippen molar-refractivity contribution in [2.45, 2.75) is 13.5 Å². The molecule has 3 nitrogen and oxygen atoms in total. The first-order chi connectivity index (χ1) is 9.40. The lowest BCUT2D eigenvalue weighted by Crippen LogP contribution is -2.26. The number of carbonyl (C=O) groups excluding carboxylic acids is 1. The summed E-state index contributed by atoms with van der Waals surface area (Å²) in [6.45, 7) is 1.96. The molecule has 1 aromatic carbocycles. The highest BCUT2D eigenvalue weighted by atomic mass is 35.5. The zero-order valence-corrected chi connectivity index (χ0v) is 12.7. The van der Waals surface area contributed by atoms with Crippen LogP contribution in [0.2, 0.25) is 5.02 Å². The Balaban J connectivity index is 2.20. The minimum atomic E-state index is -0.418. The predicted molar refractivity (Wildman–Crippen MR) is 80.7 cm³/mol. The molecule has 1 aromatic heterocycles. The standard InChI is InChI=1S/C14H14ClFN2OS/c1-8-12(17)6-13(20-8)14(19)18(2)7-9-10(15)4-3-5-11(9)16/h3-6H,7,17H2,1-2H3. The molecule has 0 saturated carbocycles. The molecule has 0 atom stereocenters. The van der Waals surface area contributed by atoms with E-state index in [1.54, 1.807) is 19.2 Å². The highest BCUT2D eigenvalue weighted by molar-refractivity contribution is 7.14. The second-order valence-corrected chi connectivity index (χ2v) is 6.15. The van der Waals surface area contributed by atoms with Crippen LogP contribution in [0.15, 0.2) is 24.3 Å². The molecule has 0 spiro atoms. The van der Waals surface area contributed by atoms with Crippen molar-refractivity contribution in [2.75, 3.05) is 12.8 Å². The van der Waals surface area contributed by atoms with Gasteiger partial charge in [0, 0.05) is 28.2 Å². The van der Waals surface area contributed by atoms with Crippen LogP contribution in [-0.4, -0.2) is 17.9 Å². The van der Waals surface area contributed by atoms with Crippen LogP contribution < -0.4 is 5.73 Å². The highest BCUT2D eigenvalue weighted by Gasteiger charge is 2.18. The third kappa shape index (κ3) is 2.94. The van der Waals surface area contributed by atoms with E-state index in [0.717, 1.165) is 4.88 Å². The van der Waals surface area contributed by atoms with Crippen LogP contribution in [0.25, 0.3) is 0 Å². The van der Waals surface area contributed by atoms with Crippen molar-refractivity contribution >= 4 is 34.5 Å². The molecule has 2 aromatic rings. The van der Waals surface area contributed by atoms with Crippen LogP contribution in [0, 0.1) is 12.7 Å². The molecule has 6 heteroatoms. The average molecular weight is 313 g/mol. The van der Waals surface area contributed by atoms with Crippen molar-refractivity contribution in [3.05, 3.63) is 50.4 Å².